The predicted molar refractivity (Wildman–Crippen MR) is 573 cm³/mol. The smallest absolute Gasteiger partial charge is 0.342 e. The third kappa shape index (κ3) is 29.5. The number of Topliss-reactive ketones (excluding diaryl/α,β-unsaturated/α-hetero) is 1. The van der Waals surface area contributed by atoms with Gasteiger partial charge in [0.1, 0.15) is 5.56 Å². The van der Waals surface area contributed by atoms with Crippen LogP contribution in [-0.4, -0.2) is 101 Å². The summed E-state index contributed by atoms with van der Waals surface area (Å²) in [7, 11) is 1.09. The number of carbonyl (C=O) groups excluding carboxylic acids is 2. The number of carbonyl (C=O) groups is 2. The molecule has 1 fully saturated rings. The predicted octanol–water partition coefficient (Wildman–Crippen LogP) is 22.8. The Morgan fingerprint density at radius 3 is 1.44 bits per heavy atom. The van der Waals surface area contributed by atoms with E-state index in [9.17, 15) is 115 Å². The van der Waals surface area contributed by atoms with Crippen LogP contribution in [0.15, 0.2) is 306 Å². The van der Waals surface area contributed by atoms with Gasteiger partial charge in [0.25, 0.3) is 0 Å². The summed E-state index contributed by atoms with van der Waals surface area (Å²) in [6.45, 7) is 30.2. The lowest BCUT2D eigenvalue weighted by atomic mass is 9.83. The van der Waals surface area contributed by atoms with Gasteiger partial charge in [-0.3, -0.25) is 43.6 Å². The molecule has 2 aliphatic rings. The molecule has 1 atom stereocenters. The number of hydrogen-bond acceptors (Lipinski definition) is 26. The second-order valence-corrected chi connectivity index (χ2v) is 37.4. The van der Waals surface area contributed by atoms with Crippen LogP contribution in [0.25, 0.3) is 76.8 Å². The molecule has 26 heteroatoms. The highest BCUT2D eigenvalue weighted by Crippen LogP contribution is 2.42. The van der Waals surface area contributed by atoms with Gasteiger partial charge >= 0.3 is 5.97 Å². The van der Waals surface area contributed by atoms with Crippen LogP contribution in [0.3, 0.4) is 0 Å². The van der Waals surface area contributed by atoms with Crippen LogP contribution < -0.4 is 38.0 Å². The summed E-state index contributed by atoms with van der Waals surface area (Å²) in [4.78, 5) is 104. The number of aryl methyl sites for hydroxylation is 9. The van der Waals surface area contributed by atoms with Crippen LogP contribution >= 0.6 is 0 Å². The van der Waals surface area contributed by atoms with E-state index in [1.165, 1.54) is 94.5 Å². The molecule has 0 amide bonds. The quantitative estimate of drug-likeness (QED) is 0.0307. The minimum atomic E-state index is -1.04. The zero-order chi connectivity index (χ0) is 108. The third-order valence-corrected chi connectivity index (χ3v) is 24.4. The van der Waals surface area contributed by atoms with E-state index in [1.807, 2.05) is 112 Å². The van der Waals surface area contributed by atoms with Crippen LogP contribution in [0.5, 0.6) is 80.5 Å². The van der Waals surface area contributed by atoms with Crippen LogP contribution in [0.4, 0.5) is 0 Å². The molecule has 0 saturated heterocycles. The van der Waals surface area contributed by atoms with E-state index in [0.717, 1.165) is 102 Å². The van der Waals surface area contributed by atoms with Gasteiger partial charge < -0.3 is 76.2 Å². The van der Waals surface area contributed by atoms with Gasteiger partial charge in [-0.2, -0.15) is 0 Å². The van der Waals surface area contributed by atoms with Crippen molar-refractivity contribution in [2.24, 2.45) is 17.3 Å². The average molecular weight is 1980 g/mol. The first kappa shape index (κ1) is 112. The van der Waals surface area contributed by atoms with Crippen molar-refractivity contribution in [3.63, 3.8) is 0 Å². The number of hydroxylamine groups is 2. The summed E-state index contributed by atoms with van der Waals surface area (Å²) in [6, 6.07) is 69.8. The number of rotatable bonds is 12. The third-order valence-electron chi connectivity index (χ3n) is 24.4. The number of phenols is 2. The molecule has 1 heterocycles. The summed E-state index contributed by atoms with van der Waals surface area (Å²) >= 11 is 0. The molecule has 0 aromatic heterocycles. The lowest BCUT2D eigenvalue weighted by Gasteiger charge is -2.29. The zero-order valence-electron chi connectivity index (χ0n) is 84.1. The number of allylic oxidation sites excluding steroid dienone is 4. The molecular weight excluding hydrogens is 1860 g/mol. The SMILES string of the molecule is C=C1C=C(C)C=C(CC(C)CC(C)(C)C)N1O.CCc1cc(=O)c(O)c(O)cc1C(=O)CC1CCCCC1.COC(=O)c1c(C)cc(=O)c(O)c(O)c1O.Cc1cc(=O)c(O)c(O)cc1-c1ccc(-c2ccc3ccccc3c2)cc1.Cc1cc(=O)c(O)c(O)cc1-c1ccc(-c2cccc3ccccc23)cc1.Cc1cc(=O)c(O)c2c(O)c(O)c(C)cc2c1.Cc1ccc(C)c(O)c(=O)c1.Cc1ccccc(=O)c1O. The number of phenolic OH excluding ortho intramolecular Hbond substituents is 2. The van der Waals surface area contributed by atoms with E-state index < -0.39 is 96.4 Å². The van der Waals surface area contributed by atoms with Crippen molar-refractivity contribution >= 4 is 44.1 Å². The molecule has 1 aliphatic heterocycles. The summed E-state index contributed by atoms with van der Waals surface area (Å²) in [5.74, 6) is -7.93. The molecule has 1 aliphatic carbocycles. The van der Waals surface area contributed by atoms with Gasteiger partial charge in [-0.05, 0) is 311 Å². The Labute approximate surface area is 844 Å². The topological polar surface area (TPSA) is 470 Å². The molecule has 0 radical (unpaired) electrons. The van der Waals surface area contributed by atoms with Crippen LogP contribution in [0, 0.1) is 72.6 Å². The van der Waals surface area contributed by atoms with E-state index in [0.29, 0.717) is 96.8 Å². The number of nitrogens with zero attached hydrogens (tertiary/aromatic N) is 1. The van der Waals surface area contributed by atoms with Gasteiger partial charge in [0, 0.05) is 17.7 Å². The molecule has 146 heavy (non-hydrogen) atoms. The lowest BCUT2D eigenvalue weighted by Crippen LogP contribution is -2.22. The summed E-state index contributed by atoms with van der Waals surface area (Å²) in [5, 5.41) is 150. The zero-order valence-corrected chi connectivity index (χ0v) is 84.1. The molecule has 14 aromatic rings. The standard InChI is InChI=1S/2C24H18O3.C17H22O4.C15H25NO.C13H12O4.C10H10O6.C9H10O2.C8H8O2/c1-15-13-22(25)24(27)23(26)14-21(15)18-11-9-17(10-12-18)20-8-4-6-16-5-2-3-7-19(16)20;1-15-12-22(25)24(27)23(26)14-21(15)18-9-6-17(7-10-18)20-11-8-16-4-2-3-5-19(16)13-20;1-2-12-9-15(19)17(21)16(20)10-13(12)14(18)8-11-6-4-3-5-7-11;1-11-7-13(3)16(17)14(8-11)9-12(2)10-15(4,5)6;1-6-3-8-5-7(2)11(15)13(17)10(8)12(16)9(14)4-6;1-4-3-5(11)7(12)9(14)8(13)6(4)10(15)16-2;1-6-3-4-7(2)9(11)8(10)5-6;1-6-4-2-3-5-7(9)8(6)10/h2*2-14H,1H3,(H2,25,26,27);9-11H,2-8H2,1H3,(H2,19,20,21);7-8,12,17H,3,9-10H2,1-2,4-6H3;3-5,15,17H,1-2H3,(H,14,16);3H,1-2H3,(H3,11,12,13,14);3-5H,1-2H3,(H,10,11);2-5H,1H3,(H,9,10). The molecule has 15 N–H and O–H groups in total. The maximum absolute atomic E-state index is 12.5. The van der Waals surface area contributed by atoms with Crippen molar-refractivity contribution in [1.82, 2.24) is 5.06 Å². The minimum absolute atomic E-state index is 0.0220. The van der Waals surface area contributed by atoms with Gasteiger partial charge in [0.15, 0.2) is 57.5 Å². The second-order valence-electron chi connectivity index (χ2n) is 37.4. The van der Waals surface area contributed by atoms with Crippen molar-refractivity contribution in [3.8, 4) is 125 Å². The lowest BCUT2D eigenvalue weighted by molar-refractivity contribution is -0.0214. The van der Waals surface area contributed by atoms with Crippen LogP contribution in [-0.2, 0) is 11.2 Å². The van der Waals surface area contributed by atoms with Crippen LogP contribution in [0.1, 0.15) is 164 Å². The average Bonchev–Trinajstić information content (AvgIpc) is 1.47. The number of aromatic hydroxyl groups is 14. The Kier molecular flexibility index (Phi) is 38.9. The highest BCUT2D eigenvalue weighted by molar-refractivity contribution is 6.00. The fourth-order valence-electron chi connectivity index (χ4n) is 16.9. The fourth-order valence-corrected chi connectivity index (χ4v) is 16.9. The number of ketones is 1. The fraction of sp³-hybridized carbons (Fsp3) is 0.225. The van der Waals surface area contributed by atoms with Crippen molar-refractivity contribution < 1.29 is 91.0 Å². The molecule has 1 saturated carbocycles. The van der Waals surface area contributed by atoms with Gasteiger partial charge in [-0.15, -0.1) is 0 Å². The van der Waals surface area contributed by atoms with E-state index >= 15 is 0 Å². The molecule has 0 spiro atoms. The normalized spacial score (nSPS) is 12.2. The maximum atomic E-state index is 12.5. The van der Waals surface area contributed by atoms with Gasteiger partial charge in [0.05, 0.1) is 18.2 Å². The van der Waals surface area contributed by atoms with Crippen molar-refractivity contribution in [1.29, 1.82) is 0 Å². The summed E-state index contributed by atoms with van der Waals surface area (Å²) in [5.41, 5.74) is 12.0. The summed E-state index contributed by atoms with van der Waals surface area (Å²) in [6.07, 6.45) is 12.6. The Balaban J connectivity index is 0.000000189. The molecule has 0 bridgehead atoms. The van der Waals surface area contributed by atoms with Crippen molar-refractivity contribution in [2.45, 2.75) is 155 Å². The van der Waals surface area contributed by atoms with Gasteiger partial charge in [0.2, 0.25) is 66.7 Å². The summed E-state index contributed by atoms with van der Waals surface area (Å²) < 4.78 is 4.38. The van der Waals surface area contributed by atoms with Gasteiger partial charge in [-0.25, -0.2) is 9.86 Å². The minimum Gasteiger partial charge on any atom is -0.504 e. The molecule has 16 rings (SSSR count). The molecule has 26 nitrogen and oxygen atoms in total. The second kappa shape index (κ2) is 50.5. The van der Waals surface area contributed by atoms with Gasteiger partial charge in [-0.1, -0.05) is 237 Å². The molecule has 758 valence electrons. The van der Waals surface area contributed by atoms with E-state index in [2.05, 4.69) is 93.6 Å². The Bertz CT molecular complexity index is 7790. The van der Waals surface area contributed by atoms with Crippen molar-refractivity contribution in [2.75, 3.05) is 7.11 Å². The largest absolute Gasteiger partial charge is 0.504 e. The first-order valence-corrected chi connectivity index (χ1v) is 47.1. The van der Waals surface area contributed by atoms with Crippen molar-refractivity contribution in [3.05, 3.63) is 405 Å². The highest BCUT2D eigenvalue weighted by atomic mass is 16.5. The Morgan fingerprint density at radius 1 is 0.390 bits per heavy atom. The first-order valence-electron chi connectivity index (χ1n) is 47.1. The first-order chi connectivity index (χ1) is 68.9. The Hall–Kier alpha value is -17.1. The van der Waals surface area contributed by atoms with Crippen LogP contribution in [0.2, 0.25) is 0 Å². The monoisotopic (exact) mass is 1980 g/mol. The van der Waals surface area contributed by atoms with E-state index in [-0.39, 0.29) is 50.4 Å². The molecule has 1 unspecified atom stereocenters. The van der Waals surface area contributed by atoms with E-state index in [1.54, 1.807) is 84.0 Å². The highest BCUT2D eigenvalue weighted by Gasteiger charge is 2.26. The number of benzene rings is 7. The van der Waals surface area contributed by atoms with E-state index in [4.69, 9.17) is 5.11 Å². The number of hydrogen-bond donors (Lipinski definition) is 15. The molecular formula is C120H123NO25. The number of fused-ring (bicyclic) bond motifs is 3. The number of methoxy groups -OCH3 is 1. The maximum Gasteiger partial charge on any atom is 0.342 e. The molecule has 14 aromatic carbocycles. The Morgan fingerprint density at radius 2 is 0.863 bits per heavy atom. The number of esters is 1. The number of ether oxygens (including phenoxy) is 1.